The van der Waals surface area contributed by atoms with Crippen molar-refractivity contribution < 1.29 is 14.6 Å². The van der Waals surface area contributed by atoms with Gasteiger partial charge >= 0.3 is 5.97 Å². The number of aromatic nitrogens is 3. The van der Waals surface area contributed by atoms with E-state index in [0.717, 1.165) is 4.47 Å². The molecule has 2 heterocycles. The number of anilines is 2. The smallest absolute Gasteiger partial charge is 0.339 e. The second-order valence-corrected chi connectivity index (χ2v) is 5.26. The highest BCUT2D eigenvalue weighted by Gasteiger charge is 2.12. The van der Waals surface area contributed by atoms with Crippen LogP contribution < -0.4 is 10.1 Å². The Kier molecular flexibility index (Phi) is 3.68. The number of carboxylic acid groups (broad SMARTS) is 1. The van der Waals surface area contributed by atoms with E-state index >= 15 is 0 Å². The quantitative estimate of drug-likeness (QED) is 0.741. The molecule has 112 valence electrons. The topological polar surface area (TPSA) is 88.8 Å². The number of pyridine rings is 1. The molecule has 8 heteroatoms. The Bertz CT molecular complexity index is 862. The van der Waals surface area contributed by atoms with Gasteiger partial charge in [-0.2, -0.15) is 4.98 Å². The Morgan fingerprint density at radius 1 is 1.41 bits per heavy atom. The van der Waals surface area contributed by atoms with Crippen molar-refractivity contribution in [3.63, 3.8) is 0 Å². The van der Waals surface area contributed by atoms with Gasteiger partial charge in [0, 0.05) is 18.0 Å². The molecule has 3 rings (SSSR count). The van der Waals surface area contributed by atoms with Crippen LogP contribution in [-0.4, -0.2) is 32.8 Å². The first-order chi connectivity index (χ1) is 10.6. The third-order valence-corrected chi connectivity index (χ3v) is 3.62. The van der Waals surface area contributed by atoms with Crippen molar-refractivity contribution in [2.24, 2.45) is 0 Å². The van der Waals surface area contributed by atoms with E-state index in [-0.39, 0.29) is 11.3 Å². The number of aromatic carboxylic acids is 1. The first-order valence-electron chi connectivity index (χ1n) is 6.28. The Morgan fingerprint density at radius 2 is 2.23 bits per heavy atom. The Morgan fingerprint density at radius 3 is 2.91 bits per heavy atom. The van der Waals surface area contributed by atoms with Gasteiger partial charge in [-0.1, -0.05) is 0 Å². The van der Waals surface area contributed by atoms with Gasteiger partial charge < -0.3 is 15.2 Å². The van der Waals surface area contributed by atoms with Crippen LogP contribution in [0.4, 0.5) is 11.6 Å². The largest absolute Gasteiger partial charge is 0.496 e. The number of methoxy groups -OCH3 is 1. The Labute approximate surface area is 133 Å². The predicted molar refractivity (Wildman–Crippen MR) is 83.9 cm³/mol. The van der Waals surface area contributed by atoms with E-state index in [0.29, 0.717) is 17.3 Å². The third-order valence-electron chi connectivity index (χ3n) is 3.00. The van der Waals surface area contributed by atoms with Gasteiger partial charge in [-0.25, -0.2) is 9.31 Å². The van der Waals surface area contributed by atoms with Crippen LogP contribution in [0.3, 0.4) is 0 Å². The number of halogens is 1. The summed E-state index contributed by atoms with van der Waals surface area (Å²) in [6.45, 7) is 0. The minimum absolute atomic E-state index is 0.0961. The van der Waals surface area contributed by atoms with Crippen molar-refractivity contribution >= 4 is 39.2 Å². The number of rotatable bonds is 4. The number of benzene rings is 1. The summed E-state index contributed by atoms with van der Waals surface area (Å²) in [6, 6.07) is 8.41. The van der Waals surface area contributed by atoms with Crippen LogP contribution in [0.25, 0.3) is 5.65 Å². The van der Waals surface area contributed by atoms with Gasteiger partial charge in [0.1, 0.15) is 11.3 Å². The van der Waals surface area contributed by atoms with Crippen molar-refractivity contribution in [3.8, 4) is 5.75 Å². The van der Waals surface area contributed by atoms with Gasteiger partial charge in [-0.3, -0.25) is 0 Å². The van der Waals surface area contributed by atoms with Crippen LogP contribution in [0.15, 0.2) is 41.0 Å². The molecule has 0 aliphatic heterocycles. The molecule has 0 saturated carbocycles. The number of hydrogen-bond acceptors (Lipinski definition) is 5. The van der Waals surface area contributed by atoms with E-state index < -0.39 is 5.97 Å². The normalized spacial score (nSPS) is 10.6. The van der Waals surface area contributed by atoms with E-state index in [1.807, 2.05) is 12.1 Å². The summed E-state index contributed by atoms with van der Waals surface area (Å²) in [7, 11) is 1.42. The van der Waals surface area contributed by atoms with Gasteiger partial charge in [-0.15, -0.1) is 5.10 Å². The fourth-order valence-electron chi connectivity index (χ4n) is 2.00. The first-order valence-corrected chi connectivity index (χ1v) is 7.07. The molecule has 3 aromatic rings. The molecule has 0 unspecified atom stereocenters. The zero-order chi connectivity index (χ0) is 15.7. The standard InChI is InChI=1S/C14H11BrN4O3/c1-22-11-7-8(4-5-9(11)13(20)21)16-14-17-12-10(15)3-2-6-19(12)18-14/h2-7H,1H3,(H,16,18)(H,20,21). The minimum Gasteiger partial charge on any atom is -0.496 e. The van der Waals surface area contributed by atoms with Crippen molar-refractivity contribution in [3.05, 3.63) is 46.6 Å². The van der Waals surface area contributed by atoms with E-state index in [1.54, 1.807) is 22.8 Å². The molecule has 0 spiro atoms. The monoisotopic (exact) mass is 362 g/mol. The molecule has 0 fully saturated rings. The van der Waals surface area contributed by atoms with Crippen LogP contribution >= 0.6 is 15.9 Å². The number of carboxylic acids is 1. The molecule has 0 atom stereocenters. The lowest BCUT2D eigenvalue weighted by atomic mass is 10.2. The highest BCUT2D eigenvalue weighted by molar-refractivity contribution is 9.10. The molecule has 0 aliphatic carbocycles. The molecule has 22 heavy (non-hydrogen) atoms. The Hall–Kier alpha value is -2.61. The fourth-order valence-corrected chi connectivity index (χ4v) is 2.42. The molecule has 0 radical (unpaired) electrons. The van der Waals surface area contributed by atoms with Crippen molar-refractivity contribution in [2.75, 3.05) is 12.4 Å². The SMILES string of the molecule is COc1cc(Nc2nc3c(Br)cccn3n2)ccc1C(=O)O. The summed E-state index contributed by atoms with van der Waals surface area (Å²) in [5, 5.41) is 16.4. The predicted octanol–water partition coefficient (Wildman–Crippen LogP) is 2.94. The molecule has 0 bridgehead atoms. The van der Waals surface area contributed by atoms with Crippen molar-refractivity contribution in [1.82, 2.24) is 14.6 Å². The van der Waals surface area contributed by atoms with E-state index in [4.69, 9.17) is 9.84 Å². The number of carbonyl (C=O) groups is 1. The van der Waals surface area contributed by atoms with Gasteiger partial charge in [0.15, 0.2) is 5.65 Å². The zero-order valence-corrected chi connectivity index (χ0v) is 13.0. The minimum atomic E-state index is -1.04. The Balaban J connectivity index is 1.94. The molecule has 2 aromatic heterocycles. The molecular weight excluding hydrogens is 352 g/mol. The van der Waals surface area contributed by atoms with Crippen LogP contribution in [0.2, 0.25) is 0 Å². The molecule has 0 amide bonds. The van der Waals surface area contributed by atoms with Crippen LogP contribution in [0.1, 0.15) is 10.4 Å². The average molecular weight is 363 g/mol. The summed E-state index contributed by atoms with van der Waals surface area (Å²) < 4.78 is 7.55. The lowest BCUT2D eigenvalue weighted by molar-refractivity contribution is 0.0693. The summed E-state index contributed by atoms with van der Waals surface area (Å²) in [5.41, 5.74) is 1.41. The molecule has 7 nitrogen and oxygen atoms in total. The summed E-state index contributed by atoms with van der Waals surface area (Å²) >= 11 is 3.41. The zero-order valence-electron chi connectivity index (χ0n) is 11.4. The maximum Gasteiger partial charge on any atom is 0.339 e. The van der Waals surface area contributed by atoms with E-state index in [1.165, 1.54) is 13.2 Å². The van der Waals surface area contributed by atoms with Gasteiger partial charge in [0.2, 0.25) is 5.95 Å². The first kappa shape index (κ1) is 14.3. The molecular formula is C14H11BrN4O3. The number of ether oxygens (including phenoxy) is 1. The second-order valence-electron chi connectivity index (χ2n) is 4.40. The molecule has 0 saturated heterocycles. The van der Waals surface area contributed by atoms with Gasteiger partial charge in [0.05, 0.1) is 11.6 Å². The van der Waals surface area contributed by atoms with E-state index in [2.05, 4.69) is 31.3 Å². The lowest BCUT2D eigenvalue weighted by Gasteiger charge is -2.07. The van der Waals surface area contributed by atoms with Gasteiger partial charge in [0.25, 0.3) is 0 Å². The van der Waals surface area contributed by atoms with Crippen LogP contribution in [0, 0.1) is 0 Å². The number of fused-ring (bicyclic) bond motifs is 1. The maximum absolute atomic E-state index is 11.1. The lowest BCUT2D eigenvalue weighted by Crippen LogP contribution is -2.01. The summed E-state index contributed by atoms with van der Waals surface area (Å²) in [5.74, 6) is -0.377. The highest BCUT2D eigenvalue weighted by Crippen LogP contribution is 2.25. The third kappa shape index (κ3) is 2.60. The summed E-state index contributed by atoms with van der Waals surface area (Å²) in [4.78, 5) is 15.4. The van der Waals surface area contributed by atoms with Crippen LogP contribution in [-0.2, 0) is 0 Å². The van der Waals surface area contributed by atoms with Crippen molar-refractivity contribution in [2.45, 2.75) is 0 Å². The highest BCUT2D eigenvalue weighted by atomic mass is 79.9. The van der Waals surface area contributed by atoms with Gasteiger partial charge in [-0.05, 0) is 40.2 Å². The van der Waals surface area contributed by atoms with E-state index in [9.17, 15) is 4.79 Å². The molecule has 0 aliphatic rings. The van der Waals surface area contributed by atoms with Crippen molar-refractivity contribution in [1.29, 1.82) is 0 Å². The number of nitrogens with one attached hydrogen (secondary N) is 1. The molecule has 1 aromatic carbocycles. The number of hydrogen-bond donors (Lipinski definition) is 2. The summed E-state index contributed by atoms with van der Waals surface area (Å²) in [6.07, 6.45) is 1.78. The maximum atomic E-state index is 11.1. The average Bonchev–Trinajstić information content (AvgIpc) is 2.90. The number of nitrogens with zero attached hydrogens (tertiary/aromatic N) is 3. The van der Waals surface area contributed by atoms with Crippen LogP contribution in [0.5, 0.6) is 5.75 Å². The molecule has 2 N–H and O–H groups in total. The second kappa shape index (κ2) is 5.64. The fraction of sp³-hybridized carbons (Fsp3) is 0.0714.